The van der Waals surface area contributed by atoms with Gasteiger partial charge in [0.2, 0.25) is 0 Å². The van der Waals surface area contributed by atoms with E-state index in [0.717, 1.165) is 0 Å². The summed E-state index contributed by atoms with van der Waals surface area (Å²) in [5.74, 6) is 0.164. The Kier molecular flexibility index (Phi) is 3.82. The van der Waals surface area contributed by atoms with Gasteiger partial charge in [-0.15, -0.1) is 0 Å². The molecule has 4 nitrogen and oxygen atoms in total. The number of amides is 1. The van der Waals surface area contributed by atoms with E-state index in [1.54, 1.807) is 0 Å². The third-order valence-corrected chi connectivity index (χ3v) is 3.15. The molecule has 0 saturated heterocycles. The highest BCUT2D eigenvalue weighted by Gasteiger charge is 2.26. The van der Waals surface area contributed by atoms with Gasteiger partial charge in [0, 0.05) is 5.92 Å². The molecular weight excluding hydrogens is 242 g/mol. The van der Waals surface area contributed by atoms with Gasteiger partial charge in [-0.05, 0) is 22.3 Å². The van der Waals surface area contributed by atoms with Crippen molar-refractivity contribution >= 4 is 6.09 Å². The topological polar surface area (TPSA) is 83.6 Å². The number of benzene rings is 2. The maximum atomic E-state index is 9.46. The predicted molar refractivity (Wildman–Crippen MR) is 73.0 cm³/mol. The zero-order chi connectivity index (χ0) is 13.8. The number of carbonyl (C=O) groups is 1. The number of carboxylic acid groups (broad SMARTS) is 1. The molecule has 0 radical (unpaired) electrons. The largest absolute Gasteiger partial charge is 0.465 e. The molecule has 3 rings (SSSR count). The second-order valence-electron chi connectivity index (χ2n) is 4.25. The van der Waals surface area contributed by atoms with E-state index in [-0.39, 0.29) is 12.5 Å². The molecule has 1 aliphatic carbocycles. The highest BCUT2D eigenvalue weighted by Crippen LogP contribution is 2.43. The lowest BCUT2D eigenvalue weighted by atomic mass is 9.98. The Labute approximate surface area is 111 Å². The van der Waals surface area contributed by atoms with Crippen molar-refractivity contribution in [3.05, 3.63) is 59.7 Å². The average molecular weight is 257 g/mol. The minimum Gasteiger partial charge on any atom is -0.465 e. The Bertz CT molecular complexity index is 546. The molecule has 98 valence electrons. The summed E-state index contributed by atoms with van der Waals surface area (Å²) in [6, 6.07) is 16.6. The summed E-state index contributed by atoms with van der Waals surface area (Å²) in [5.41, 5.74) is 9.07. The Morgan fingerprint density at radius 2 is 1.37 bits per heavy atom. The number of aliphatic hydroxyl groups excluding tert-OH is 1. The second kappa shape index (κ2) is 5.54. The van der Waals surface area contributed by atoms with Crippen LogP contribution in [0.4, 0.5) is 4.79 Å². The summed E-state index contributed by atoms with van der Waals surface area (Å²) < 4.78 is 0. The fraction of sp³-hybridized carbons (Fsp3) is 0.133. The molecule has 0 spiro atoms. The Hall–Kier alpha value is -2.33. The molecular formula is C15H15NO3. The predicted octanol–water partition coefficient (Wildman–Crippen LogP) is 2.41. The van der Waals surface area contributed by atoms with Crippen molar-refractivity contribution in [3.63, 3.8) is 0 Å². The highest BCUT2D eigenvalue weighted by molar-refractivity contribution is 5.78. The van der Waals surface area contributed by atoms with Crippen LogP contribution in [0.5, 0.6) is 0 Å². The Balaban J connectivity index is 0.000000297. The van der Waals surface area contributed by atoms with Crippen molar-refractivity contribution < 1.29 is 15.0 Å². The molecule has 0 bridgehead atoms. The zero-order valence-corrected chi connectivity index (χ0v) is 10.3. The van der Waals surface area contributed by atoms with Crippen molar-refractivity contribution in [1.29, 1.82) is 0 Å². The fourth-order valence-electron chi connectivity index (χ4n) is 2.46. The van der Waals surface area contributed by atoms with Crippen LogP contribution in [-0.4, -0.2) is 22.9 Å². The summed E-state index contributed by atoms with van der Waals surface area (Å²) in [5, 5.41) is 16.7. The molecule has 2 aromatic carbocycles. The number of hydrogen-bond donors (Lipinski definition) is 3. The zero-order valence-electron chi connectivity index (χ0n) is 10.3. The summed E-state index contributed by atoms with van der Waals surface area (Å²) in [6.07, 6.45) is -1.33. The van der Waals surface area contributed by atoms with Gasteiger partial charge in [-0.3, -0.25) is 0 Å². The lowest BCUT2D eigenvalue weighted by molar-refractivity contribution is 0.205. The van der Waals surface area contributed by atoms with Gasteiger partial charge in [-0.1, -0.05) is 48.5 Å². The molecule has 0 heterocycles. The summed E-state index contributed by atoms with van der Waals surface area (Å²) in [4.78, 5) is 8.78. The minimum atomic E-state index is -1.33. The quantitative estimate of drug-likeness (QED) is 0.733. The SMILES string of the molecule is NC(=O)O.OCC1c2ccccc2-c2ccccc21. The number of aliphatic hydroxyl groups is 1. The molecule has 0 aromatic heterocycles. The smallest absolute Gasteiger partial charge is 0.402 e. The van der Waals surface area contributed by atoms with Crippen LogP contribution in [0.15, 0.2) is 48.5 Å². The molecule has 0 atom stereocenters. The van der Waals surface area contributed by atoms with E-state index in [1.165, 1.54) is 22.3 Å². The van der Waals surface area contributed by atoms with E-state index in [0.29, 0.717) is 0 Å². The van der Waals surface area contributed by atoms with Gasteiger partial charge in [0.25, 0.3) is 0 Å². The molecule has 0 fully saturated rings. The molecule has 1 amide bonds. The highest BCUT2D eigenvalue weighted by atomic mass is 16.4. The molecule has 4 N–H and O–H groups in total. The lowest BCUT2D eigenvalue weighted by Crippen LogP contribution is -2.03. The van der Waals surface area contributed by atoms with Crippen molar-refractivity contribution in [2.45, 2.75) is 5.92 Å². The number of nitrogens with two attached hydrogens (primary N) is 1. The second-order valence-corrected chi connectivity index (χ2v) is 4.25. The van der Waals surface area contributed by atoms with Gasteiger partial charge >= 0.3 is 6.09 Å². The van der Waals surface area contributed by atoms with Crippen LogP contribution in [0.2, 0.25) is 0 Å². The molecule has 2 aromatic rings. The Morgan fingerprint density at radius 1 is 1.00 bits per heavy atom. The summed E-state index contributed by atoms with van der Waals surface area (Å²) >= 11 is 0. The van der Waals surface area contributed by atoms with E-state index in [9.17, 15) is 5.11 Å². The van der Waals surface area contributed by atoms with Crippen molar-refractivity contribution in [3.8, 4) is 11.1 Å². The molecule has 4 heteroatoms. The average Bonchev–Trinajstić information content (AvgIpc) is 2.72. The third kappa shape index (κ3) is 2.58. The van der Waals surface area contributed by atoms with E-state index in [2.05, 4.69) is 42.1 Å². The van der Waals surface area contributed by atoms with Crippen LogP contribution >= 0.6 is 0 Å². The van der Waals surface area contributed by atoms with Gasteiger partial charge in [-0.25, -0.2) is 4.79 Å². The summed E-state index contributed by atoms with van der Waals surface area (Å²) in [7, 11) is 0. The third-order valence-electron chi connectivity index (χ3n) is 3.15. The number of primary amides is 1. The van der Waals surface area contributed by atoms with Gasteiger partial charge in [0.1, 0.15) is 0 Å². The van der Waals surface area contributed by atoms with Crippen LogP contribution in [0.3, 0.4) is 0 Å². The van der Waals surface area contributed by atoms with Crippen LogP contribution in [0, 0.1) is 0 Å². The normalized spacial score (nSPS) is 12.1. The molecule has 0 saturated carbocycles. The van der Waals surface area contributed by atoms with E-state index in [4.69, 9.17) is 9.90 Å². The van der Waals surface area contributed by atoms with Gasteiger partial charge < -0.3 is 15.9 Å². The number of rotatable bonds is 1. The van der Waals surface area contributed by atoms with Gasteiger partial charge in [-0.2, -0.15) is 0 Å². The first-order valence-electron chi connectivity index (χ1n) is 5.92. The van der Waals surface area contributed by atoms with Crippen molar-refractivity contribution in [2.24, 2.45) is 5.73 Å². The van der Waals surface area contributed by atoms with Gasteiger partial charge in [0.15, 0.2) is 0 Å². The van der Waals surface area contributed by atoms with E-state index < -0.39 is 6.09 Å². The van der Waals surface area contributed by atoms with E-state index >= 15 is 0 Å². The number of fused-ring (bicyclic) bond motifs is 3. The van der Waals surface area contributed by atoms with Crippen molar-refractivity contribution in [2.75, 3.05) is 6.61 Å². The monoisotopic (exact) mass is 257 g/mol. The summed E-state index contributed by atoms with van der Waals surface area (Å²) in [6.45, 7) is 0.189. The standard InChI is InChI=1S/C14H12O.CH3NO2/c15-9-14-12-7-3-1-5-10(12)11-6-2-4-8-13(11)14;2-1(3)4/h1-8,14-15H,9H2;2H2,(H,3,4). The van der Waals surface area contributed by atoms with Gasteiger partial charge in [0.05, 0.1) is 6.61 Å². The van der Waals surface area contributed by atoms with Crippen LogP contribution in [0.25, 0.3) is 11.1 Å². The number of hydrogen-bond acceptors (Lipinski definition) is 2. The van der Waals surface area contributed by atoms with Crippen LogP contribution in [-0.2, 0) is 0 Å². The van der Waals surface area contributed by atoms with E-state index in [1.807, 2.05) is 12.1 Å². The first-order chi connectivity index (χ1) is 9.15. The maximum Gasteiger partial charge on any atom is 0.402 e. The fourth-order valence-corrected chi connectivity index (χ4v) is 2.46. The van der Waals surface area contributed by atoms with Crippen LogP contribution < -0.4 is 5.73 Å². The molecule has 1 aliphatic rings. The first-order valence-corrected chi connectivity index (χ1v) is 5.92. The minimum absolute atomic E-state index is 0.164. The van der Waals surface area contributed by atoms with Crippen LogP contribution in [0.1, 0.15) is 17.0 Å². The van der Waals surface area contributed by atoms with Crippen molar-refractivity contribution in [1.82, 2.24) is 0 Å². The molecule has 19 heavy (non-hydrogen) atoms. The molecule has 0 unspecified atom stereocenters. The first kappa shape index (κ1) is 13.1. The maximum absolute atomic E-state index is 9.46. The Morgan fingerprint density at radius 3 is 1.74 bits per heavy atom. The lowest BCUT2D eigenvalue weighted by Gasteiger charge is -2.08. The molecule has 0 aliphatic heterocycles.